The lowest BCUT2D eigenvalue weighted by atomic mass is 10.3. The van der Waals surface area contributed by atoms with Crippen LogP contribution in [-0.2, 0) is 4.79 Å². The molecule has 0 heterocycles. The molecular formula is C20H25NO3S. The summed E-state index contributed by atoms with van der Waals surface area (Å²) in [6.45, 7) is 3.71. The third-order valence-corrected chi connectivity index (χ3v) is 4.40. The molecular weight excluding hydrogens is 334 g/mol. The molecule has 2 aromatic carbocycles. The van der Waals surface area contributed by atoms with Crippen molar-refractivity contribution < 1.29 is 14.3 Å². The van der Waals surface area contributed by atoms with Gasteiger partial charge < -0.3 is 14.8 Å². The molecule has 0 saturated heterocycles. The molecule has 0 unspecified atom stereocenters. The van der Waals surface area contributed by atoms with Crippen molar-refractivity contribution in [2.24, 2.45) is 0 Å². The molecule has 1 amide bonds. The van der Waals surface area contributed by atoms with Gasteiger partial charge in [0, 0.05) is 23.6 Å². The van der Waals surface area contributed by atoms with Gasteiger partial charge >= 0.3 is 0 Å². The number of benzene rings is 2. The zero-order valence-electron chi connectivity index (χ0n) is 14.6. The van der Waals surface area contributed by atoms with Crippen molar-refractivity contribution >= 4 is 17.7 Å². The van der Waals surface area contributed by atoms with E-state index in [9.17, 15) is 4.79 Å². The topological polar surface area (TPSA) is 47.6 Å². The van der Waals surface area contributed by atoms with Gasteiger partial charge in [0.1, 0.15) is 0 Å². The molecule has 25 heavy (non-hydrogen) atoms. The van der Waals surface area contributed by atoms with Crippen LogP contribution < -0.4 is 14.8 Å². The van der Waals surface area contributed by atoms with Crippen molar-refractivity contribution in [2.75, 3.05) is 25.5 Å². The van der Waals surface area contributed by atoms with Crippen molar-refractivity contribution in [3.63, 3.8) is 0 Å². The summed E-state index contributed by atoms with van der Waals surface area (Å²) >= 11 is 1.74. The highest BCUT2D eigenvalue weighted by atomic mass is 32.2. The first-order valence-electron chi connectivity index (χ1n) is 8.58. The number of hydrogen-bond acceptors (Lipinski definition) is 4. The molecule has 0 bridgehead atoms. The van der Waals surface area contributed by atoms with E-state index in [4.69, 9.17) is 9.47 Å². The van der Waals surface area contributed by atoms with Crippen LogP contribution in [0, 0.1) is 0 Å². The number of rotatable bonds is 11. The number of nitrogens with one attached hydrogen (secondary N) is 1. The van der Waals surface area contributed by atoms with E-state index in [1.54, 1.807) is 11.8 Å². The molecule has 0 aliphatic rings. The van der Waals surface area contributed by atoms with Gasteiger partial charge in [0.2, 0.25) is 5.91 Å². The van der Waals surface area contributed by atoms with E-state index in [0.717, 1.165) is 17.3 Å². The third kappa shape index (κ3) is 7.52. The Morgan fingerprint density at radius 2 is 1.68 bits per heavy atom. The number of carbonyl (C=O) groups is 1. The molecule has 0 aliphatic carbocycles. The molecule has 0 saturated carbocycles. The zero-order chi connectivity index (χ0) is 17.7. The Bertz CT molecular complexity index is 634. The third-order valence-electron chi connectivity index (χ3n) is 3.39. The molecule has 5 heteroatoms. The van der Waals surface area contributed by atoms with E-state index in [1.807, 2.05) is 49.4 Å². The zero-order valence-corrected chi connectivity index (χ0v) is 15.4. The van der Waals surface area contributed by atoms with Crippen LogP contribution >= 0.6 is 11.8 Å². The number of hydrogen-bond donors (Lipinski definition) is 1. The fraction of sp³-hybridized carbons (Fsp3) is 0.350. The van der Waals surface area contributed by atoms with E-state index >= 15 is 0 Å². The van der Waals surface area contributed by atoms with Crippen LogP contribution in [0.2, 0.25) is 0 Å². The first-order valence-corrected chi connectivity index (χ1v) is 9.57. The lowest BCUT2D eigenvalue weighted by Gasteiger charge is -2.11. The Kier molecular flexibility index (Phi) is 8.77. The minimum absolute atomic E-state index is 0.0651. The highest BCUT2D eigenvalue weighted by molar-refractivity contribution is 7.99. The van der Waals surface area contributed by atoms with Crippen LogP contribution in [0.1, 0.15) is 19.8 Å². The maximum absolute atomic E-state index is 11.8. The van der Waals surface area contributed by atoms with Gasteiger partial charge in [-0.05, 0) is 37.6 Å². The summed E-state index contributed by atoms with van der Waals surface area (Å²) in [6.07, 6.45) is 1.14. The number of amides is 1. The molecule has 4 nitrogen and oxygen atoms in total. The fourth-order valence-electron chi connectivity index (χ4n) is 2.22. The number of carbonyl (C=O) groups excluding carboxylic acids is 1. The minimum atomic E-state index is 0.0651. The maximum Gasteiger partial charge on any atom is 0.220 e. The van der Waals surface area contributed by atoms with E-state index in [0.29, 0.717) is 32.6 Å². The van der Waals surface area contributed by atoms with Crippen LogP contribution in [-0.4, -0.2) is 31.4 Å². The lowest BCUT2D eigenvalue weighted by molar-refractivity contribution is -0.121. The van der Waals surface area contributed by atoms with Crippen molar-refractivity contribution in [2.45, 2.75) is 24.7 Å². The highest BCUT2D eigenvalue weighted by Crippen LogP contribution is 2.26. The molecule has 1 N–H and O–H groups in total. The van der Waals surface area contributed by atoms with Gasteiger partial charge in [0.25, 0.3) is 0 Å². The Balaban J connectivity index is 1.56. The molecule has 0 fully saturated rings. The quantitative estimate of drug-likeness (QED) is 0.484. The SMILES string of the molecule is CCOc1ccccc1OCCCC(=O)NCCSc1ccccc1. The van der Waals surface area contributed by atoms with Crippen molar-refractivity contribution in [3.8, 4) is 11.5 Å². The van der Waals surface area contributed by atoms with E-state index in [-0.39, 0.29) is 5.91 Å². The molecule has 0 spiro atoms. The van der Waals surface area contributed by atoms with Crippen LogP contribution in [0.5, 0.6) is 11.5 Å². The number of thioether (sulfide) groups is 1. The van der Waals surface area contributed by atoms with E-state index < -0.39 is 0 Å². The van der Waals surface area contributed by atoms with Crippen LogP contribution in [0.4, 0.5) is 0 Å². The molecule has 2 aromatic rings. The van der Waals surface area contributed by atoms with Gasteiger partial charge in [0.15, 0.2) is 11.5 Å². The van der Waals surface area contributed by atoms with Gasteiger partial charge in [-0.1, -0.05) is 30.3 Å². The van der Waals surface area contributed by atoms with E-state index in [1.165, 1.54) is 4.90 Å². The smallest absolute Gasteiger partial charge is 0.220 e. The summed E-state index contributed by atoms with van der Waals surface area (Å²) in [7, 11) is 0. The Hall–Kier alpha value is -2.14. The first-order chi connectivity index (χ1) is 12.3. The van der Waals surface area contributed by atoms with Crippen molar-refractivity contribution in [1.82, 2.24) is 5.32 Å². The summed E-state index contributed by atoms with van der Waals surface area (Å²) in [5.41, 5.74) is 0. The monoisotopic (exact) mass is 359 g/mol. The second-order valence-electron chi connectivity index (χ2n) is 5.34. The van der Waals surface area contributed by atoms with Crippen LogP contribution in [0.25, 0.3) is 0 Å². The minimum Gasteiger partial charge on any atom is -0.490 e. The number of para-hydroxylation sites is 2. The largest absolute Gasteiger partial charge is 0.490 e. The molecule has 2 rings (SSSR count). The van der Waals surface area contributed by atoms with Gasteiger partial charge in [0.05, 0.1) is 13.2 Å². The molecule has 0 aliphatic heterocycles. The predicted molar refractivity (Wildman–Crippen MR) is 103 cm³/mol. The standard InChI is InChI=1S/C20H25NO3S/c1-2-23-18-11-6-7-12-19(18)24-15-8-13-20(22)21-14-16-25-17-9-4-3-5-10-17/h3-7,9-12H,2,8,13-16H2,1H3,(H,21,22). The first kappa shape index (κ1) is 19.2. The van der Waals surface area contributed by atoms with Gasteiger partial charge in [-0.2, -0.15) is 0 Å². The average molecular weight is 359 g/mol. The molecule has 0 radical (unpaired) electrons. The normalized spacial score (nSPS) is 10.3. The van der Waals surface area contributed by atoms with Crippen molar-refractivity contribution in [3.05, 3.63) is 54.6 Å². The summed E-state index contributed by atoms with van der Waals surface area (Å²) in [5, 5.41) is 2.94. The average Bonchev–Trinajstić information content (AvgIpc) is 2.65. The Morgan fingerprint density at radius 1 is 1.00 bits per heavy atom. The van der Waals surface area contributed by atoms with Crippen LogP contribution in [0.3, 0.4) is 0 Å². The summed E-state index contributed by atoms with van der Waals surface area (Å²) in [5.74, 6) is 2.40. The van der Waals surface area contributed by atoms with Gasteiger partial charge in [-0.25, -0.2) is 0 Å². The number of ether oxygens (including phenoxy) is 2. The highest BCUT2D eigenvalue weighted by Gasteiger charge is 2.05. The fourth-order valence-corrected chi connectivity index (χ4v) is 3.01. The second kappa shape index (κ2) is 11.4. The summed E-state index contributed by atoms with van der Waals surface area (Å²) in [4.78, 5) is 13.1. The molecule has 0 atom stereocenters. The van der Waals surface area contributed by atoms with Gasteiger partial charge in [-0.15, -0.1) is 11.8 Å². The Labute approximate surface area is 153 Å². The lowest BCUT2D eigenvalue weighted by Crippen LogP contribution is -2.25. The van der Waals surface area contributed by atoms with Crippen LogP contribution in [0.15, 0.2) is 59.5 Å². The summed E-state index contributed by atoms with van der Waals surface area (Å²) in [6, 6.07) is 17.8. The maximum atomic E-state index is 11.8. The molecule has 0 aromatic heterocycles. The van der Waals surface area contributed by atoms with E-state index in [2.05, 4.69) is 17.4 Å². The van der Waals surface area contributed by atoms with Crippen molar-refractivity contribution in [1.29, 1.82) is 0 Å². The predicted octanol–water partition coefficient (Wildman–Crippen LogP) is 4.15. The Morgan fingerprint density at radius 3 is 2.40 bits per heavy atom. The molecule has 134 valence electrons. The van der Waals surface area contributed by atoms with Gasteiger partial charge in [-0.3, -0.25) is 4.79 Å². The summed E-state index contributed by atoms with van der Waals surface area (Å²) < 4.78 is 11.2. The second-order valence-corrected chi connectivity index (χ2v) is 6.51.